The van der Waals surface area contributed by atoms with Crippen LogP contribution in [0.3, 0.4) is 0 Å². The van der Waals surface area contributed by atoms with Gasteiger partial charge in [0, 0.05) is 23.5 Å². The Balaban J connectivity index is 1.75. The minimum Gasteiger partial charge on any atom is -0.494 e. The first kappa shape index (κ1) is 14.6. The quantitative estimate of drug-likeness (QED) is 0.425. The summed E-state index contributed by atoms with van der Waals surface area (Å²) in [7, 11) is 1.89. The lowest BCUT2D eigenvalue weighted by Gasteiger charge is -2.04. The number of rotatable bonds is 5. The zero-order valence-electron chi connectivity index (χ0n) is 13.3. The van der Waals surface area contributed by atoms with Crippen LogP contribution in [0.2, 0.25) is 0 Å². The Hall–Kier alpha value is -2.99. The van der Waals surface area contributed by atoms with Gasteiger partial charge in [0.2, 0.25) is 5.88 Å². The molecule has 0 bridgehead atoms. The van der Waals surface area contributed by atoms with Gasteiger partial charge in [-0.25, -0.2) is 4.98 Å². The van der Waals surface area contributed by atoms with Crippen LogP contribution in [-0.4, -0.2) is 40.3 Å². The molecule has 6 heteroatoms. The van der Waals surface area contributed by atoms with Crippen LogP contribution in [0.1, 0.15) is 0 Å². The van der Waals surface area contributed by atoms with E-state index in [1.807, 2.05) is 49.5 Å². The van der Waals surface area contributed by atoms with Gasteiger partial charge in [0.25, 0.3) is 0 Å². The molecule has 0 amide bonds. The van der Waals surface area contributed by atoms with Gasteiger partial charge in [-0.1, -0.05) is 18.2 Å². The number of benzene rings is 2. The summed E-state index contributed by atoms with van der Waals surface area (Å²) in [6.07, 6.45) is 0. The minimum absolute atomic E-state index is 0.112. The fraction of sp³-hybridized carbons (Fsp3) is 0.167. The zero-order chi connectivity index (χ0) is 16.5. The standard InChI is InChI=1S/C18H18N4O2/c1-19-8-9-24-11-6-7-14-15(10-11)21-17(20-14)16-12-4-2-3-5-13(12)22-18(16)23/h2-7,10,19,22-23H,8-9H2,1H3,(H,20,21). The molecule has 122 valence electrons. The third kappa shape index (κ3) is 2.47. The summed E-state index contributed by atoms with van der Waals surface area (Å²) < 4.78 is 5.68. The molecular formula is C18H18N4O2. The van der Waals surface area contributed by atoms with Gasteiger partial charge in [-0.2, -0.15) is 0 Å². The topological polar surface area (TPSA) is 86.0 Å². The number of aromatic amines is 2. The van der Waals surface area contributed by atoms with E-state index in [1.54, 1.807) is 0 Å². The first-order chi connectivity index (χ1) is 11.8. The van der Waals surface area contributed by atoms with E-state index in [9.17, 15) is 5.11 Å². The summed E-state index contributed by atoms with van der Waals surface area (Å²) >= 11 is 0. The van der Waals surface area contributed by atoms with Crippen molar-refractivity contribution in [2.75, 3.05) is 20.2 Å². The monoisotopic (exact) mass is 322 g/mol. The molecule has 0 saturated carbocycles. The Morgan fingerprint density at radius 3 is 2.88 bits per heavy atom. The number of ether oxygens (including phenoxy) is 1. The Labute approximate surface area is 138 Å². The van der Waals surface area contributed by atoms with E-state index < -0.39 is 0 Å². The number of nitrogens with one attached hydrogen (secondary N) is 3. The molecule has 2 aromatic carbocycles. The van der Waals surface area contributed by atoms with Crippen LogP contribution in [0, 0.1) is 0 Å². The van der Waals surface area contributed by atoms with Gasteiger partial charge in [0.1, 0.15) is 18.2 Å². The minimum atomic E-state index is 0.112. The molecule has 2 aromatic heterocycles. The van der Waals surface area contributed by atoms with Crippen LogP contribution < -0.4 is 10.1 Å². The SMILES string of the molecule is CNCCOc1ccc2nc(-c3c(O)[nH]c4ccccc34)[nH]c2c1. The van der Waals surface area contributed by atoms with Gasteiger partial charge in [-0.3, -0.25) is 0 Å². The molecule has 0 fully saturated rings. The number of aromatic hydroxyl groups is 1. The van der Waals surface area contributed by atoms with Gasteiger partial charge in [-0.05, 0) is 25.2 Å². The van der Waals surface area contributed by atoms with Crippen LogP contribution in [-0.2, 0) is 0 Å². The van der Waals surface area contributed by atoms with Gasteiger partial charge < -0.3 is 25.1 Å². The normalized spacial score (nSPS) is 11.4. The Bertz CT molecular complexity index is 1000. The van der Waals surface area contributed by atoms with Crippen molar-refractivity contribution in [3.8, 4) is 23.0 Å². The molecule has 6 nitrogen and oxygen atoms in total. The van der Waals surface area contributed by atoms with E-state index in [1.165, 1.54) is 0 Å². The van der Waals surface area contributed by atoms with Crippen molar-refractivity contribution in [2.45, 2.75) is 0 Å². The molecule has 4 rings (SSSR count). The van der Waals surface area contributed by atoms with E-state index in [4.69, 9.17) is 4.74 Å². The Kier molecular flexibility index (Phi) is 3.59. The number of H-pyrrole nitrogens is 2. The fourth-order valence-electron chi connectivity index (χ4n) is 2.84. The molecule has 0 aliphatic carbocycles. The number of nitrogens with zero attached hydrogens (tertiary/aromatic N) is 1. The maximum Gasteiger partial charge on any atom is 0.200 e. The van der Waals surface area contributed by atoms with Crippen LogP contribution in [0.4, 0.5) is 0 Å². The highest BCUT2D eigenvalue weighted by Gasteiger charge is 2.16. The van der Waals surface area contributed by atoms with Gasteiger partial charge in [0.15, 0.2) is 0 Å². The summed E-state index contributed by atoms with van der Waals surface area (Å²) in [5.41, 5.74) is 3.26. The number of imidazole rings is 1. The first-order valence-electron chi connectivity index (χ1n) is 7.83. The van der Waals surface area contributed by atoms with E-state index >= 15 is 0 Å². The average Bonchev–Trinajstić information content (AvgIpc) is 3.13. The second-order valence-corrected chi connectivity index (χ2v) is 5.61. The van der Waals surface area contributed by atoms with Crippen molar-refractivity contribution in [1.82, 2.24) is 20.3 Å². The predicted molar refractivity (Wildman–Crippen MR) is 94.5 cm³/mol. The predicted octanol–water partition coefficient (Wildman–Crippen LogP) is 3.02. The van der Waals surface area contributed by atoms with E-state index in [-0.39, 0.29) is 5.88 Å². The smallest absolute Gasteiger partial charge is 0.200 e. The van der Waals surface area contributed by atoms with E-state index in [2.05, 4.69) is 20.3 Å². The zero-order valence-corrected chi connectivity index (χ0v) is 13.3. The highest BCUT2D eigenvalue weighted by Crippen LogP contribution is 2.36. The van der Waals surface area contributed by atoms with Crippen molar-refractivity contribution in [2.24, 2.45) is 0 Å². The van der Waals surface area contributed by atoms with Gasteiger partial charge in [-0.15, -0.1) is 0 Å². The molecule has 0 atom stereocenters. The third-order valence-electron chi connectivity index (χ3n) is 4.00. The highest BCUT2D eigenvalue weighted by molar-refractivity contribution is 5.98. The summed E-state index contributed by atoms with van der Waals surface area (Å²) in [5.74, 6) is 1.53. The summed E-state index contributed by atoms with van der Waals surface area (Å²) in [6.45, 7) is 1.39. The van der Waals surface area contributed by atoms with Gasteiger partial charge >= 0.3 is 0 Å². The molecule has 4 aromatic rings. The third-order valence-corrected chi connectivity index (χ3v) is 4.00. The molecule has 0 unspecified atom stereocenters. The lowest BCUT2D eigenvalue weighted by atomic mass is 10.1. The molecule has 0 spiro atoms. The van der Waals surface area contributed by atoms with Crippen LogP contribution in [0.25, 0.3) is 33.3 Å². The maximum atomic E-state index is 10.3. The first-order valence-corrected chi connectivity index (χ1v) is 7.83. The van der Waals surface area contributed by atoms with Crippen LogP contribution in [0.15, 0.2) is 42.5 Å². The van der Waals surface area contributed by atoms with Crippen molar-refractivity contribution in [3.63, 3.8) is 0 Å². The number of hydrogen-bond donors (Lipinski definition) is 4. The second-order valence-electron chi connectivity index (χ2n) is 5.61. The lowest BCUT2D eigenvalue weighted by molar-refractivity contribution is 0.319. The summed E-state index contributed by atoms with van der Waals surface area (Å²) in [5, 5.41) is 14.2. The average molecular weight is 322 g/mol. The lowest BCUT2D eigenvalue weighted by Crippen LogP contribution is -2.15. The number of para-hydroxylation sites is 1. The maximum absolute atomic E-state index is 10.3. The second kappa shape index (κ2) is 5.90. The van der Waals surface area contributed by atoms with Gasteiger partial charge in [0.05, 0.1) is 16.6 Å². The number of aromatic nitrogens is 3. The molecule has 2 heterocycles. The fourth-order valence-corrected chi connectivity index (χ4v) is 2.84. The largest absolute Gasteiger partial charge is 0.494 e. The van der Waals surface area contributed by atoms with Crippen LogP contribution >= 0.6 is 0 Å². The Morgan fingerprint density at radius 1 is 1.12 bits per heavy atom. The molecule has 0 aliphatic heterocycles. The molecule has 0 radical (unpaired) electrons. The highest BCUT2D eigenvalue weighted by atomic mass is 16.5. The van der Waals surface area contributed by atoms with Crippen molar-refractivity contribution in [3.05, 3.63) is 42.5 Å². The molecule has 0 saturated heterocycles. The summed E-state index contributed by atoms with van der Waals surface area (Å²) in [4.78, 5) is 10.9. The van der Waals surface area contributed by atoms with Crippen molar-refractivity contribution in [1.29, 1.82) is 0 Å². The number of fused-ring (bicyclic) bond motifs is 2. The van der Waals surface area contributed by atoms with Crippen LogP contribution in [0.5, 0.6) is 11.6 Å². The number of hydrogen-bond acceptors (Lipinski definition) is 4. The molecular weight excluding hydrogens is 304 g/mol. The number of likely N-dealkylation sites (N-methyl/N-ethyl adjacent to an activating group) is 1. The van der Waals surface area contributed by atoms with Crippen molar-refractivity contribution < 1.29 is 9.84 Å². The Morgan fingerprint density at radius 2 is 2.00 bits per heavy atom. The van der Waals surface area contributed by atoms with Crippen molar-refractivity contribution >= 4 is 21.9 Å². The molecule has 0 aliphatic rings. The van der Waals surface area contributed by atoms with E-state index in [0.29, 0.717) is 18.0 Å². The summed E-state index contributed by atoms with van der Waals surface area (Å²) in [6, 6.07) is 13.5. The molecule has 4 N–H and O–H groups in total. The van der Waals surface area contributed by atoms with E-state index in [0.717, 1.165) is 34.2 Å². The molecule has 24 heavy (non-hydrogen) atoms.